The third-order valence-electron chi connectivity index (χ3n) is 1.33. The van der Waals surface area contributed by atoms with Crippen LogP contribution in [0.1, 0.15) is 0 Å². The van der Waals surface area contributed by atoms with Crippen molar-refractivity contribution in [3.05, 3.63) is 17.3 Å². The number of carbonyl (C=O) groups excluding carboxylic acids is 1. The Balaban J connectivity index is 2.72. The van der Waals surface area contributed by atoms with Gasteiger partial charge in [-0.15, -0.1) is 10.2 Å². The van der Waals surface area contributed by atoms with Crippen molar-refractivity contribution >= 4 is 22.4 Å². The van der Waals surface area contributed by atoms with Crippen LogP contribution in [0, 0.1) is 11.3 Å². The van der Waals surface area contributed by atoms with E-state index in [1.54, 1.807) is 19.0 Å². The fourth-order valence-corrected chi connectivity index (χ4v) is 1.23. The van der Waals surface area contributed by atoms with Crippen molar-refractivity contribution in [3.8, 4) is 6.07 Å². The summed E-state index contributed by atoms with van der Waals surface area (Å²) < 4.78 is 0. The molecule has 0 saturated carbocycles. The summed E-state index contributed by atoms with van der Waals surface area (Å²) in [7, 11) is 3.46. The summed E-state index contributed by atoms with van der Waals surface area (Å²) in [4.78, 5) is 13.1. The number of rotatable bonds is 3. The first-order valence-electron chi connectivity index (χ1n) is 3.99. The molecule has 0 aliphatic rings. The molecule has 0 aromatic carbocycles. The van der Waals surface area contributed by atoms with E-state index in [1.807, 2.05) is 6.07 Å². The number of hydrogen-bond acceptors (Lipinski definition) is 6. The second kappa shape index (κ2) is 5.07. The van der Waals surface area contributed by atoms with Gasteiger partial charge in [0.05, 0.1) is 0 Å². The molecular formula is C8H9N5OS. The molecule has 1 heterocycles. The predicted molar refractivity (Wildman–Crippen MR) is 55.9 cm³/mol. The van der Waals surface area contributed by atoms with E-state index >= 15 is 0 Å². The smallest absolute Gasteiger partial charge is 0.269 e. The minimum Gasteiger partial charge on any atom is -0.382 e. The molecule has 0 aliphatic carbocycles. The molecule has 7 heteroatoms. The van der Waals surface area contributed by atoms with Crippen LogP contribution in [-0.4, -0.2) is 35.1 Å². The van der Waals surface area contributed by atoms with E-state index < -0.39 is 5.91 Å². The van der Waals surface area contributed by atoms with Gasteiger partial charge in [0.2, 0.25) is 5.13 Å². The van der Waals surface area contributed by atoms with Crippen molar-refractivity contribution in [2.45, 2.75) is 0 Å². The van der Waals surface area contributed by atoms with E-state index in [9.17, 15) is 4.79 Å². The lowest BCUT2D eigenvalue weighted by Gasteiger charge is -2.05. The van der Waals surface area contributed by atoms with E-state index in [1.165, 1.54) is 23.0 Å². The Hall–Kier alpha value is -1.94. The number of aromatic nitrogens is 2. The topological polar surface area (TPSA) is 81.9 Å². The normalized spacial score (nSPS) is 10.6. The zero-order valence-corrected chi connectivity index (χ0v) is 9.08. The average molecular weight is 223 g/mol. The van der Waals surface area contributed by atoms with Crippen LogP contribution in [0.4, 0.5) is 5.13 Å². The summed E-state index contributed by atoms with van der Waals surface area (Å²) in [6.45, 7) is 0. The third kappa shape index (κ3) is 3.36. The molecule has 0 fully saturated rings. The zero-order valence-electron chi connectivity index (χ0n) is 8.26. The van der Waals surface area contributed by atoms with Crippen LogP contribution in [0.5, 0.6) is 0 Å². The summed E-state index contributed by atoms with van der Waals surface area (Å²) in [6.07, 6.45) is 1.44. The summed E-state index contributed by atoms with van der Waals surface area (Å²) in [6, 6.07) is 1.81. The molecule has 0 atom stereocenters. The molecule has 0 bridgehead atoms. The van der Waals surface area contributed by atoms with Crippen molar-refractivity contribution in [2.75, 3.05) is 19.4 Å². The maximum Gasteiger partial charge on any atom is 0.269 e. The highest BCUT2D eigenvalue weighted by Gasteiger charge is 2.10. The minimum absolute atomic E-state index is 0.0233. The van der Waals surface area contributed by atoms with Crippen LogP contribution in [0.25, 0.3) is 0 Å². The van der Waals surface area contributed by atoms with Crippen LogP contribution in [-0.2, 0) is 4.79 Å². The van der Waals surface area contributed by atoms with E-state index in [0.29, 0.717) is 5.13 Å². The lowest BCUT2D eigenvalue weighted by Crippen LogP contribution is -2.16. The van der Waals surface area contributed by atoms with E-state index in [0.717, 1.165) is 0 Å². The predicted octanol–water partition coefficient (Wildman–Crippen LogP) is 0.446. The van der Waals surface area contributed by atoms with Crippen molar-refractivity contribution in [3.63, 3.8) is 0 Å². The van der Waals surface area contributed by atoms with Crippen LogP contribution in [0.2, 0.25) is 0 Å². The average Bonchev–Trinajstić information content (AvgIpc) is 2.66. The van der Waals surface area contributed by atoms with Gasteiger partial charge in [-0.2, -0.15) is 5.26 Å². The Morgan fingerprint density at radius 1 is 1.73 bits per heavy atom. The van der Waals surface area contributed by atoms with E-state index in [2.05, 4.69) is 15.5 Å². The van der Waals surface area contributed by atoms with Gasteiger partial charge in [0.1, 0.15) is 17.2 Å². The van der Waals surface area contributed by atoms with Gasteiger partial charge in [-0.25, -0.2) is 0 Å². The summed E-state index contributed by atoms with van der Waals surface area (Å²) >= 11 is 1.19. The number of nitriles is 1. The number of nitrogens with zero attached hydrogens (tertiary/aromatic N) is 4. The molecular weight excluding hydrogens is 214 g/mol. The Kier molecular flexibility index (Phi) is 3.76. The summed E-state index contributed by atoms with van der Waals surface area (Å²) in [5, 5.41) is 18.8. The second-order valence-electron chi connectivity index (χ2n) is 2.82. The van der Waals surface area contributed by atoms with Crippen molar-refractivity contribution < 1.29 is 4.79 Å². The fraction of sp³-hybridized carbons (Fsp3) is 0.250. The van der Waals surface area contributed by atoms with Gasteiger partial charge >= 0.3 is 0 Å². The van der Waals surface area contributed by atoms with Crippen LogP contribution >= 0.6 is 11.3 Å². The SMILES string of the molecule is CN(C)C=C(C#N)C(=O)Nc1nncs1. The molecule has 1 aromatic heterocycles. The highest BCUT2D eigenvalue weighted by Crippen LogP contribution is 2.09. The number of anilines is 1. The highest BCUT2D eigenvalue weighted by molar-refractivity contribution is 7.13. The Morgan fingerprint density at radius 3 is 2.93 bits per heavy atom. The molecule has 78 valence electrons. The van der Waals surface area contributed by atoms with Gasteiger partial charge in [0.15, 0.2) is 0 Å². The Labute approximate surface area is 90.8 Å². The van der Waals surface area contributed by atoms with E-state index in [4.69, 9.17) is 5.26 Å². The van der Waals surface area contributed by atoms with Crippen molar-refractivity contribution in [2.24, 2.45) is 0 Å². The summed E-state index contributed by atoms with van der Waals surface area (Å²) in [5.74, 6) is -0.483. The minimum atomic E-state index is -0.483. The number of nitrogens with one attached hydrogen (secondary N) is 1. The molecule has 0 unspecified atom stereocenters. The Morgan fingerprint density at radius 2 is 2.47 bits per heavy atom. The van der Waals surface area contributed by atoms with Gasteiger partial charge < -0.3 is 4.90 Å². The highest BCUT2D eigenvalue weighted by atomic mass is 32.1. The Bertz CT molecular complexity index is 403. The standard InChI is InChI=1S/C8H9N5OS/c1-13(2)4-6(3-9)7(14)11-8-12-10-5-15-8/h4-5H,1-2H3,(H,11,12,14). The lowest BCUT2D eigenvalue weighted by atomic mass is 10.3. The fourth-order valence-electron chi connectivity index (χ4n) is 0.788. The molecule has 1 N–H and O–H groups in total. The quantitative estimate of drug-likeness (QED) is 0.594. The van der Waals surface area contributed by atoms with Crippen molar-refractivity contribution in [1.29, 1.82) is 5.26 Å². The molecule has 0 spiro atoms. The molecule has 6 nitrogen and oxygen atoms in total. The van der Waals surface area contributed by atoms with Gasteiger partial charge in [0.25, 0.3) is 5.91 Å². The molecule has 0 aliphatic heterocycles. The summed E-state index contributed by atoms with van der Waals surface area (Å²) in [5.41, 5.74) is 1.52. The number of amides is 1. The molecule has 0 radical (unpaired) electrons. The van der Waals surface area contributed by atoms with Gasteiger partial charge in [-0.1, -0.05) is 11.3 Å². The second-order valence-corrected chi connectivity index (χ2v) is 3.65. The first kappa shape index (κ1) is 11.1. The molecule has 1 rings (SSSR count). The van der Waals surface area contributed by atoms with Gasteiger partial charge in [-0.3, -0.25) is 10.1 Å². The maximum absolute atomic E-state index is 11.5. The largest absolute Gasteiger partial charge is 0.382 e. The van der Waals surface area contributed by atoms with E-state index in [-0.39, 0.29) is 5.57 Å². The number of carbonyl (C=O) groups is 1. The van der Waals surface area contributed by atoms with Crippen LogP contribution in [0.15, 0.2) is 17.3 Å². The van der Waals surface area contributed by atoms with Crippen LogP contribution in [0.3, 0.4) is 0 Å². The van der Waals surface area contributed by atoms with Gasteiger partial charge in [-0.05, 0) is 0 Å². The first-order valence-corrected chi connectivity index (χ1v) is 4.87. The molecule has 0 saturated heterocycles. The number of hydrogen-bond donors (Lipinski definition) is 1. The van der Waals surface area contributed by atoms with Gasteiger partial charge in [0, 0.05) is 20.3 Å². The molecule has 15 heavy (non-hydrogen) atoms. The lowest BCUT2D eigenvalue weighted by molar-refractivity contribution is -0.112. The molecule has 1 amide bonds. The van der Waals surface area contributed by atoms with Crippen LogP contribution < -0.4 is 5.32 Å². The third-order valence-corrected chi connectivity index (χ3v) is 1.94. The maximum atomic E-state index is 11.5. The monoisotopic (exact) mass is 223 g/mol. The molecule has 1 aromatic rings. The van der Waals surface area contributed by atoms with Crippen molar-refractivity contribution in [1.82, 2.24) is 15.1 Å². The zero-order chi connectivity index (χ0) is 11.3. The first-order chi connectivity index (χ1) is 7.13.